The van der Waals surface area contributed by atoms with Crippen molar-refractivity contribution >= 4 is 60.0 Å². The largest absolute Gasteiger partial charge is 0.456 e. The summed E-state index contributed by atoms with van der Waals surface area (Å²) in [4.78, 5) is 10.2. The minimum absolute atomic E-state index is 0.697. The molecule has 0 aliphatic carbocycles. The van der Waals surface area contributed by atoms with Gasteiger partial charge in [0, 0.05) is 49.0 Å². The average molecular weight is 790 g/mol. The van der Waals surface area contributed by atoms with Crippen molar-refractivity contribution in [2.75, 3.05) is 0 Å². The fourth-order valence-corrected chi connectivity index (χ4v) is 9.52. The van der Waals surface area contributed by atoms with Crippen LogP contribution in [0.5, 0.6) is 0 Å². The van der Waals surface area contributed by atoms with Gasteiger partial charge in [-0.1, -0.05) is 164 Å². The molecule has 13 aromatic rings. The summed E-state index contributed by atoms with van der Waals surface area (Å²) >= 11 is 0. The number of hydrogen-bond acceptors (Lipinski definition) is 3. The number of fused-ring (bicyclic) bond motifs is 9. The Hall–Kier alpha value is -8.34. The van der Waals surface area contributed by atoms with E-state index < -0.39 is 0 Å². The van der Waals surface area contributed by atoms with Crippen LogP contribution in [0.15, 0.2) is 217 Å². The van der Waals surface area contributed by atoms with Gasteiger partial charge in [0.15, 0.2) is 5.82 Å². The Morgan fingerprint density at radius 1 is 0.290 bits per heavy atom. The van der Waals surface area contributed by atoms with E-state index in [-0.39, 0.29) is 0 Å². The van der Waals surface area contributed by atoms with E-state index in [2.05, 4.69) is 186 Å². The van der Waals surface area contributed by atoms with Crippen molar-refractivity contribution in [2.45, 2.75) is 0 Å². The number of benzene rings is 9. The lowest BCUT2D eigenvalue weighted by Gasteiger charge is -2.11. The quantitative estimate of drug-likeness (QED) is 0.168. The Kier molecular flexibility index (Phi) is 7.57. The first-order valence-electron chi connectivity index (χ1n) is 21.1. The number of aromatic nitrogens is 3. The van der Waals surface area contributed by atoms with E-state index in [9.17, 15) is 0 Å². The molecule has 0 fully saturated rings. The summed E-state index contributed by atoms with van der Waals surface area (Å²) in [6.45, 7) is 0. The zero-order valence-electron chi connectivity index (χ0n) is 33.5. The fourth-order valence-electron chi connectivity index (χ4n) is 9.52. The van der Waals surface area contributed by atoms with Crippen molar-refractivity contribution in [1.29, 1.82) is 0 Å². The summed E-state index contributed by atoms with van der Waals surface area (Å²) in [5.41, 5.74) is 17.4. The molecule has 0 N–H and O–H groups in total. The normalized spacial score (nSPS) is 11.9. The molecule has 4 nitrogen and oxygen atoms in total. The number of nitrogens with zero attached hydrogens (tertiary/aromatic N) is 3. The van der Waals surface area contributed by atoms with Crippen LogP contribution in [0, 0.1) is 0 Å². The van der Waals surface area contributed by atoms with Crippen molar-refractivity contribution in [3.8, 4) is 67.3 Å². The van der Waals surface area contributed by atoms with Crippen molar-refractivity contribution in [3.63, 3.8) is 0 Å². The molecular formula is C58H35N3O. The predicted molar refractivity (Wildman–Crippen MR) is 257 cm³/mol. The summed E-state index contributed by atoms with van der Waals surface area (Å²) in [5.74, 6) is 0.697. The summed E-state index contributed by atoms with van der Waals surface area (Å²) in [7, 11) is 0. The van der Waals surface area contributed by atoms with Crippen LogP contribution in [0.2, 0.25) is 0 Å². The van der Waals surface area contributed by atoms with Gasteiger partial charge in [0.25, 0.3) is 0 Å². The van der Waals surface area contributed by atoms with E-state index >= 15 is 0 Å². The average Bonchev–Trinajstić information content (AvgIpc) is 4.01. The third-order valence-electron chi connectivity index (χ3n) is 12.6. The highest BCUT2D eigenvalue weighted by molar-refractivity contribution is 6.23. The monoisotopic (exact) mass is 789 g/mol. The van der Waals surface area contributed by atoms with Crippen LogP contribution in [0.4, 0.5) is 0 Å². The minimum Gasteiger partial charge on any atom is -0.456 e. The third-order valence-corrected chi connectivity index (χ3v) is 12.6. The maximum Gasteiger partial charge on any atom is 0.160 e. The number of furan rings is 1. The maximum atomic E-state index is 6.09. The van der Waals surface area contributed by atoms with Gasteiger partial charge in [0.05, 0.1) is 27.9 Å². The van der Waals surface area contributed by atoms with Gasteiger partial charge in [-0.25, -0.2) is 9.97 Å². The molecule has 0 bridgehead atoms. The Bertz CT molecular complexity index is 3840. The molecule has 0 aliphatic heterocycles. The van der Waals surface area contributed by atoms with Gasteiger partial charge in [-0.2, -0.15) is 0 Å². The van der Waals surface area contributed by atoms with Gasteiger partial charge in [-0.15, -0.1) is 0 Å². The lowest BCUT2D eigenvalue weighted by Crippen LogP contribution is -1.96. The second-order valence-electron chi connectivity index (χ2n) is 16.2. The molecule has 0 amide bonds. The highest BCUT2D eigenvalue weighted by Crippen LogP contribution is 2.41. The van der Waals surface area contributed by atoms with Gasteiger partial charge in [0.1, 0.15) is 11.2 Å². The van der Waals surface area contributed by atoms with Crippen LogP contribution in [0.1, 0.15) is 0 Å². The highest BCUT2D eigenvalue weighted by Gasteiger charge is 2.18. The number of rotatable bonds is 6. The standard InChI is InChI=1S/C58H35N3O/c1-2-10-40(11-3-1)58-59-51(35-52(60-58)39-26-22-37(23-27-39)43-29-31-56-50(34-43)46-15-5-7-19-55(46)62-56)38-24-20-36(21-25-38)41-12-8-13-42(32-41)44-28-30-54-49(33-44)48-17-9-16-47-45-14-4-6-18-53(45)61(54)57(47)48/h1-35H. The Morgan fingerprint density at radius 3 is 1.53 bits per heavy atom. The van der Waals surface area contributed by atoms with E-state index in [1.54, 1.807) is 0 Å². The van der Waals surface area contributed by atoms with E-state index in [1.807, 2.05) is 30.3 Å². The maximum absolute atomic E-state index is 6.09. The molecule has 0 saturated carbocycles. The molecule has 4 heteroatoms. The van der Waals surface area contributed by atoms with E-state index in [0.29, 0.717) is 5.82 Å². The van der Waals surface area contributed by atoms with Crippen molar-refractivity contribution in [2.24, 2.45) is 0 Å². The molecule has 9 aromatic carbocycles. The SMILES string of the molecule is c1ccc(-c2nc(-c3ccc(-c4cccc(-c5ccc6c(c5)c5cccc7c8ccccc8n6c75)c4)cc3)cc(-c3ccc(-c4ccc5oc6ccccc6c5c4)cc3)n2)cc1. The first kappa shape index (κ1) is 34.5. The summed E-state index contributed by atoms with van der Waals surface area (Å²) in [5, 5.41) is 7.42. The molecule has 4 aromatic heterocycles. The molecule has 288 valence electrons. The second-order valence-corrected chi connectivity index (χ2v) is 16.2. The molecule has 0 unspecified atom stereocenters. The topological polar surface area (TPSA) is 43.3 Å². The first-order chi connectivity index (χ1) is 30.7. The van der Waals surface area contributed by atoms with E-state index in [1.165, 1.54) is 54.8 Å². The zero-order chi connectivity index (χ0) is 40.7. The summed E-state index contributed by atoms with van der Waals surface area (Å²) < 4.78 is 8.52. The van der Waals surface area contributed by atoms with Crippen molar-refractivity contribution in [3.05, 3.63) is 212 Å². The zero-order valence-corrected chi connectivity index (χ0v) is 33.5. The number of hydrogen-bond donors (Lipinski definition) is 0. The van der Waals surface area contributed by atoms with Crippen LogP contribution < -0.4 is 0 Å². The van der Waals surface area contributed by atoms with E-state index in [0.717, 1.165) is 66.7 Å². The molecule has 0 spiro atoms. The Labute approximate surface area is 357 Å². The molecule has 62 heavy (non-hydrogen) atoms. The molecule has 0 saturated heterocycles. The molecule has 0 radical (unpaired) electrons. The van der Waals surface area contributed by atoms with Crippen LogP contribution in [-0.4, -0.2) is 14.4 Å². The van der Waals surface area contributed by atoms with Gasteiger partial charge >= 0.3 is 0 Å². The van der Waals surface area contributed by atoms with Crippen LogP contribution in [0.25, 0.3) is 127 Å². The first-order valence-corrected chi connectivity index (χ1v) is 21.1. The second kappa shape index (κ2) is 13.6. The Balaban J connectivity index is 0.832. The van der Waals surface area contributed by atoms with Crippen molar-refractivity contribution < 1.29 is 4.42 Å². The Morgan fingerprint density at radius 2 is 0.774 bits per heavy atom. The van der Waals surface area contributed by atoms with Crippen LogP contribution in [-0.2, 0) is 0 Å². The van der Waals surface area contributed by atoms with Gasteiger partial charge in [-0.3, -0.25) is 0 Å². The molecule has 4 heterocycles. The number of para-hydroxylation sites is 3. The molecule has 0 aliphatic rings. The minimum atomic E-state index is 0.697. The summed E-state index contributed by atoms with van der Waals surface area (Å²) in [6.07, 6.45) is 0. The van der Waals surface area contributed by atoms with Crippen molar-refractivity contribution in [1.82, 2.24) is 14.4 Å². The molecule has 0 atom stereocenters. The fraction of sp³-hybridized carbons (Fsp3) is 0. The van der Waals surface area contributed by atoms with Gasteiger partial charge < -0.3 is 8.82 Å². The van der Waals surface area contributed by atoms with Gasteiger partial charge in [-0.05, 0) is 81.9 Å². The highest BCUT2D eigenvalue weighted by atomic mass is 16.3. The lowest BCUT2D eigenvalue weighted by molar-refractivity contribution is 0.669. The predicted octanol–water partition coefficient (Wildman–Crippen LogP) is 15.5. The smallest absolute Gasteiger partial charge is 0.160 e. The van der Waals surface area contributed by atoms with Crippen LogP contribution in [0.3, 0.4) is 0 Å². The summed E-state index contributed by atoms with van der Waals surface area (Å²) in [6, 6.07) is 75.6. The molecular weight excluding hydrogens is 755 g/mol. The van der Waals surface area contributed by atoms with Crippen LogP contribution >= 0.6 is 0 Å². The third kappa shape index (κ3) is 5.47. The lowest BCUT2D eigenvalue weighted by atomic mass is 9.96. The van der Waals surface area contributed by atoms with E-state index in [4.69, 9.17) is 14.4 Å². The molecule has 13 rings (SSSR count). The van der Waals surface area contributed by atoms with Gasteiger partial charge in [0.2, 0.25) is 0 Å².